The van der Waals surface area contributed by atoms with Gasteiger partial charge in [0.05, 0.1) is 18.7 Å². The number of aliphatic hydroxyl groups is 2. The third-order valence-electron chi connectivity index (χ3n) is 6.31. The molecule has 35 heavy (non-hydrogen) atoms. The molecule has 0 aliphatic carbocycles. The Labute approximate surface area is 206 Å². The van der Waals surface area contributed by atoms with E-state index in [1.165, 1.54) is 12.1 Å². The summed E-state index contributed by atoms with van der Waals surface area (Å²) >= 11 is 0. The Hall–Kier alpha value is -3.01. The molecule has 190 valence electrons. The number of carbonyl (C=O) groups is 2. The van der Waals surface area contributed by atoms with E-state index in [0.29, 0.717) is 44.7 Å². The topological polar surface area (TPSA) is 126 Å². The minimum atomic E-state index is -0.896. The fourth-order valence-corrected chi connectivity index (χ4v) is 4.27. The van der Waals surface area contributed by atoms with Gasteiger partial charge in [0.1, 0.15) is 17.5 Å². The quantitative estimate of drug-likeness (QED) is 0.421. The van der Waals surface area contributed by atoms with E-state index in [1.807, 2.05) is 43.0 Å². The number of aliphatic hydroxyl groups excluding tert-OH is 2. The lowest BCUT2D eigenvalue weighted by Gasteiger charge is -2.34. The van der Waals surface area contributed by atoms with Gasteiger partial charge in [0.2, 0.25) is 11.8 Å². The molecule has 1 aromatic carbocycles. The number of piperazine rings is 1. The van der Waals surface area contributed by atoms with Gasteiger partial charge in [0.15, 0.2) is 0 Å². The second-order valence-corrected chi connectivity index (χ2v) is 9.70. The standard InChI is InChI=1S/C26H36N4O5/c1-18(32)29-9-11-30(12-10-29)25(35)14-19-5-4-6-20(13-19)15-26(2,3)27-16-24(34)21-7-8-23(33)22(17-31)28-21/h4-8,13,24,27,31,33-34H,9-12,14-17H2,1-3H3. The predicted octanol–water partition coefficient (Wildman–Crippen LogP) is 1.16. The fraction of sp³-hybridized carbons (Fsp3) is 0.500. The molecule has 0 spiro atoms. The van der Waals surface area contributed by atoms with Crippen molar-refractivity contribution in [3.63, 3.8) is 0 Å². The number of pyridine rings is 1. The molecule has 9 heteroatoms. The van der Waals surface area contributed by atoms with Crippen LogP contribution in [-0.2, 0) is 29.0 Å². The normalized spacial score (nSPS) is 15.2. The number of nitrogens with one attached hydrogen (secondary N) is 1. The Morgan fingerprint density at radius 2 is 1.74 bits per heavy atom. The van der Waals surface area contributed by atoms with Crippen LogP contribution in [0.2, 0.25) is 0 Å². The zero-order valence-corrected chi connectivity index (χ0v) is 20.7. The summed E-state index contributed by atoms with van der Waals surface area (Å²) in [5.74, 6) is 0.00529. The summed E-state index contributed by atoms with van der Waals surface area (Å²) in [6.45, 7) is 7.75. The summed E-state index contributed by atoms with van der Waals surface area (Å²) in [6, 6.07) is 10.9. The van der Waals surface area contributed by atoms with Crippen molar-refractivity contribution in [2.24, 2.45) is 0 Å². The van der Waals surface area contributed by atoms with Gasteiger partial charge in [-0.3, -0.25) is 9.59 Å². The molecule has 1 fully saturated rings. The van der Waals surface area contributed by atoms with E-state index in [1.54, 1.807) is 11.8 Å². The van der Waals surface area contributed by atoms with Crippen LogP contribution >= 0.6 is 0 Å². The summed E-state index contributed by atoms with van der Waals surface area (Å²) in [7, 11) is 0. The van der Waals surface area contributed by atoms with Gasteiger partial charge in [-0.15, -0.1) is 0 Å². The van der Waals surface area contributed by atoms with E-state index in [-0.39, 0.29) is 35.3 Å². The molecule has 1 aromatic heterocycles. The average molecular weight is 485 g/mol. The van der Waals surface area contributed by atoms with E-state index in [0.717, 1.165) is 11.1 Å². The van der Waals surface area contributed by atoms with Crippen molar-refractivity contribution in [1.82, 2.24) is 20.1 Å². The molecule has 0 saturated carbocycles. The average Bonchev–Trinajstić information content (AvgIpc) is 2.83. The zero-order chi connectivity index (χ0) is 25.6. The smallest absolute Gasteiger partial charge is 0.227 e. The van der Waals surface area contributed by atoms with Crippen LogP contribution in [0.15, 0.2) is 36.4 Å². The van der Waals surface area contributed by atoms with Crippen LogP contribution in [-0.4, -0.2) is 80.2 Å². The highest BCUT2D eigenvalue weighted by Crippen LogP contribution is 2.20. The van der Waals surface area contributed by atoms with Gasteiger partial charge in [-0.25, -0.2) is 4.98 Å². The van der Waals surface area contributed by atoms with Crippen LogP contribution < -0.4 is 5.32 Å². The van der Waals surface area contributed by atoms with Crippen molar-refractivity contribution in [2.75, 3.05) is 32.7 Å². The largest absolute Gasteiger partial charge is 0.506 e. The lowest BCUT2D eigenvalue weighted by molar-refractivity contribution is -0.138. The lowest BCUT2D eigenvalue weighted by Crippen LogP contribution is -2.50. The summed E-state index contributed by atoms with van der Waals surface area (Å²) in [6.07, 6.45) is 0.108. The summed E-state index contributed by atoms with van der Waals surface area (Å²) in [5, 5.41) is 32.8. The van der Waals surface area contributed by atoms with Crippen LogP contribution in [0.25, 0.3) is 0 Å². The van der Waals surface area contributed by atoms with Crippen LogP contribution in [0.3, 0.4) is 0 Å². The molecule has 0 bridgehead atoms. The van der Waals surface area contributed by atoms with Crippen molar-refractivity contribution < 1.29 is 24.9 Å². The highest BCUT2D eigenvalue weighted by molar-refractivity contribution is 5.79. The molecule has 0 radical (unpaired) electrons. The first-order valence-electron chi connectivity index (χ1n) is 11.9. The second kappa shape index (κ2) is 11.6. The molecule has 9 nitrogen and oxygen atoms in total. The molecule has 3 rings (SSSR count). The maximum atomic E-state index is 12.8. The highest BCUT2D eigenvalue weighted by atomic mass is 16.3. The molecule has 4 N–H and O–H groups in total. The first-order valence-corrected chi connectivity index (χ1v) is 11.9. The Kier molecular flexibility index (Phi) is 8.82. The van der Waals surface area contributed by atoms with Crippen LogP contribution in [0.4, 0.5) is 0 Å². The number of aromatic nitrogens is 1. The number of aromatic hydroxyl groups is 1. The summed E-state index contributed by atoms with van der Waals surface area (Å²) in [4.78, 5) is 32.0. The molecule has 1 aliphatic heterocycles. The molecular weight excluding hydrogens is 448 g/mol. The number of carbonyl (C=O) groups excluding carboxylic acids is 2. The minimum Gasteiger partial charge on any atom is -0.506 e. The number of hydrogen-bond acceptors (Lipinski definition) is 7. The summed E-state index contributed by atoms with van der Waals surface area (Å²) < 4.78 is 0. The Bertz CT molecular complexity index is 1030. The van der Waals surface area contributed by atoms with Gasteiger partial charge in [-0.1, -0.05) is 24.3 Å². The van der Waals surface area contributed by atoms with Gasteiger partial charge in [0, 0.05) is 45.2 Å². The molecule has 2 aromatic rings. The van der Waals surface area contributed by atoms with Gasteiger partial charge in [-0.05, 0) is 43.5 Å². The SMILES string of the molecule is CC(=O)N1CCN(C(=O)Cc2cccc(CC(C)(C)NCC(O)c3ccc(O)c(CO)n3)c2)CC1. The number of hydrogen-bond donors (Lipinski definition) is 4. The molecule has 1 unspecified atom stereocenters. The molecular formula is C26H36N4O5. The van der Waals surface area contributed by atoms with Gasteiger partial charge in [-0.2, -0.15) is 0 Å². The van der Waals surface area contributed by atoms with Crippen molar-refractivity contribution in [2.45, 2.75) is 51.9 Å². The molecule has 2 amide bonds. The third kappa shape index (κ3) is 7.48. The predicted molar refractivity (Wildman–Crippen MR) is 132 cm³/mol. The number of β-amino-alcohol motifs (C(OH)–C–C–N with tert-alkyl or cyclic N) is 1. The van der Waals surface area contributed by atoms with E-state index in [9.17, 15) is 24.9 Å². The third-order valence-corrected chi connectivity index (χ3v) is 6.31. The van der Waals surface area contributed by atoms with Crippen LogP contribution in [0.1, 0.15) is 49.4 Å². The molecule has 1 atom stereocenters. The van der Waals surface area contributed by atoms with E-state index in [4.69, 9.17) is 0 Å². The van der Waals surface area contributed by atoms with Crippen molar-refractivity contribution in [3.8, 4) is 5.75 Å². The lowest BCUT2D eigenvalue weighted by atomic mass is 9.93. The monoisotopic (exact) mass is 484 g/mol. The van der Waals surface area contributed by atoms with E-state index in [2.05, 4.69) is 10.3 Å². The van der Waals surface area contributed by atoms with E-state index < -0.39 is 12.7 Å². The first kappa shape index (κ1) is 26.6. The van der Waals surface area contributed by atoms with Crippen molar-refractivity contribution in [1.29, 1.82) is 0 Å². The number of amides is 2. The first-order chi connectivity index (χ1) is 16.6. The number of nitrogens with zero attached hydrogens (tertiary/aromatic N) is 3. The Morgan fingerprint density at radius 1 is 1.09 bits per heavy atom. The molecule has 2 heterocycles. The van der Waals surface area contributed by atoms with Crippen molar-refractivity contribution in [3.05, 3.63) is 58.9 Å². The zero-order valence-electron chi connectivity index (χ0n) is 20.7. The number of benzene rings is 1. The molecule has 1 aliphatic rings. The number of rotatable bonds is 9. The second-order valence-electron chi connectivity index (χ2n) is 9.70. The fourth-order valence-electron chi connectivity index (χ4n) is 4.27. The summed E-state index contributed by atoms with van der Waals surface area (Å²) in [5.41, 5.74) is 2.19. The van der Waals surface area contributed by atoms with Crippen LogP contribution in [0.5, 0.6) is 5.75 Å². The Morgan fingerprint density at radius 3 is 2.40 bits per heavy atom. The maximum Gasteiger partial charge on any atom is 0.227 e. The Balaban J connectivity index is 1.54. The van der Waals surface area contributed by atoms with Gasteiger partial charge in [0.25, 0.3) is 0 Å². The van der Waals surface area contributed by atoms with E-state index >= 15 is 0 Å². The van der Waals surface area contributed by atoms with Gasteiger partial charge < -0.3 is 30.4 Å². The van der Waals surface area contributed by atoms with Crippen molar-refractivity contribution >= 4 is 11.8 Å². The minimum absolute atomic E-state index is 0.0442. The highest BCUT2D eigenvalue weighted by Gasteiger charge is 2.23. The van der Waals surface area contributed by atoms with Crippen LogP contribution in [0, 0.1) is 0 Å². The molecule has 1 saturated heterocycles. The maximum absolute atomic E-state index is 12.8. The van der Waals surface area contributed by atoms with Gasteiger partial charge >= 0.3 is 0 Å².